The minimum absolute atomic E-state index is 0.0631. The van der Waals surface area contributed by atoms with Gasteiger partial charge in [0.1, 0.15) is 10.7 Å². The van der Waals surface area contributed by atoms with Gasteiger partial charge in [-0.1, -0.05) is 30.3 Å². The van der Waals surface area contributed by atoms with Gasteiger partial charge in [-0.3, -0.25) is 4.79 Å². The average Bonchev–Trinajstić information content (AvgIpc) is 2.46. The highest BCUT2D eigenvalue weighted by atomic mass is 32.2. The van der Waals surface area contributed by atoms with E-state index in [9.17, 15) is 17.6 Å². The molecule has 7 heteroatoms. The Morgan fingerprint density at radius 2 is 1.73 bits per heavy atom. The molecule has 114 valence electrons. The van der Waals surface area contributed by atoms with Crippen molar-refractivity contribution in [3.8, 4) is 0 Å². The lowest BCUT2D eigenvalue weighted by molar-refractivity contribution is -0.111. The molecule has 0 fully saturated rings. The van der Waals surface area contributed by atoms with Gasteiger partial charge in [0.05, 0.1) is 5.69 Å². The first-order valence-electron chi connectivity index (χ1n) is 6.23. The summed E-state index contributed by atoms with van der Waals surface area (Å²) in [7, 11) is -3.95. The van der Waals surface area contributed by atoms with Crippen LogP contribution < -0.4 is 10.5 Å². The molecule has 3 N–H and O–H groups in total. The number of amides is 1. The van der Waals surface area contributed by atoms with Crippen LogP contribution in [-0.4, -0.2) is 14.3 Å². The van der Waals surface area contributed by atoms with Crippen molar-refractivity contribution in [1.29, 1.82) is 0 Å². The van der Waals surface area contributed by atoms with E-state index in [1.54, 1.807) is 12.1 Å². The normalized spacial score (nSPS) is 11.5. The molecule has 0 heterocycles. The van der Waals surface area contributed by atoms with Crippen LogP contribution in [0, 0.1) is 5.82 Å². The summed E-state index contributed by atoms with van der Waals surface area (Å²) in [5.74, 6) is -1.06. The molecule has 0 saturated heterocycles. The van der Waals surface area contributed by atoms with Crippen LogP contribution in [0.3, 0.4) is 0 Å². The molecular formula is C15H13FN2O3S. The largest absolute Gasteiger partial charge is 0.321 e. The van der Waals surface area contributed by atoms with Crippen LogP contribution in [-0.2, 0) is 14.8 Å². The van der Waals surface area contributed by atoms with Crippen molar-refractivity contribution in [2.75, 3.05) is 5.32 Å². The second kappa shape index (κ2) is 6.50. The smallest absolute Gasteiger partial charge is 0.248 e. The zero-order valence-corrected chi connectivity index (χ0v) is 12.2. The Kier molecular flexibility index (Phi) is 4.69. The molecule has 2 aromatic rings. The monoisotopic (exact) mass is 320 g/mol. The highest BCUT2D eigenvalue weighted by molar-refractivity contribution is 7.89. The molecule has 0 aliphatic rings. The fourth-order valence-corrected chi connectivity index (χ4v) is 2.46. The van der Waals surface area contributed by atoms with Gasteiger partial charge in [-0.05, 0) is 24.3 Å². The van der Waals surface area contributed by atoms with Gasteiger partial charge in [-0.15, -0.1) is 0 Å². The molecule has 1 amide bonds. The number of hydrogen-bond acceptors (Lipinski definition) is 3. The number of nitrogens with two attached hydrogens (primary N) is 1. The van der Waals surface area contributed by atoms with Crippen molar-refractivity contribution in [3.63, 3.8) is 0 Å². The van der Waals surface area contributed by atoms with E-state index in [-0.39, 0.29) is 16.1 Å². The Balaban J connectivity index is 2.19. The Bertz CT molecular complexity index is 832. The number of primary sulfonamides is 1. The SMILES string of the molecule is NS(=O)(=O)c1ccccc1NC(=O)C=Cc1ccccc1F. The molecule has 0 aliphatic carbocycles. The van der Waals surface area contributed by atoms with Crippen LogP contribution in [0.5, 0.6) is 0 Å². The lowest BCUT2D eigenvalue weighted by Gasteiger charge is -2.07. The molecule has 2 rings (SSSR count). The zero-order chi connectivity index (χ0) is 16.2. The Labute approximate surface area is 127 Å². The maximum absolute atomic E-state index is 13.4. The zero-order valence-electron chi connectivity index (χ0n) is 11.4. The van der Waals surface area contributed by atoms with E-state index in [1.165, 1.54) is 42.5 Å². The summed E-state index contributed by atoms with van der Waals surface area (Å²) in [6.45, 7) is 0. The Morgan fingerprint density at radius 1 is 1.09 bits per heavy atom. The van der Waals surface area contributed by atoms with Crippen molar-refractivity contribution >= 4 is 27.7 Å². The first kappa shape index (κ1) is 15.9. The van der Waals surface area contributed by atoms with Gasteiger partial charge >= 0.3 is 0 Å². The van der Waals surface area contributed by atoms with Gasteiger partial charge in [0.2, 0.25) is 15.9 Å². The molecule has 0 bridgehead atoms. The number of carbonyl (C=O) groups excluding carboxylic acids is 1. The van der Waals surface area contributed by atoms with Crippen molar-refractivity contribution in [1.82, 2.24) is 0 Å². The molecule has 0 radical (unpaired) electrons. The first-order chi connectivity index (χ1) is 10.4. The number of halogens is 1. The second-order valence-corrected chi connectivity index (χ2v) is 5.92. The van der Waals surface area contributed by atoms with Crippen molar-refractivity contribution < 1.29 is 17.6 Å². The van der Waals surface area contributed by atoms with E-state index < -0.39 is 21.7 Å². The third-order valence-corrected chi connectivity index (χ3v) is 3.74. The number of sulfonamides is 1. The maximum Gasteiger partial charge on any atom is 0.248 e. The average molecular weight is 320 g/mol. The van der Waals surface area contributed by atoms with Crippen LogP contribution in [0.4, 0.5) is 10.1 Å². The molecule has 0 spiro atoms. The highest BCUT2D eigenvalue weighted by Gasteiger charge is 2.14. The van der Waals surface area contributed by atoms with Crippen molar-refractivity contribution in [2.45, 2.75) is 4.90 Å². The molecule has 0 unspecified atom stereocenters. The quantitative estimate of drug-likeness (QED) is 0.846. The second-order valence-electron chi connectivity index (χ2n) is 4.39. The number of benzene rings is 2. The lowest BCUT2D eigenvalue weighted by atomic mass is 10.2. The number of anilines is 1. The predicted octanol–water partition coefficient (Wildman–Crippen LogP) is 2.12. The van der Waals surface area contributed by atoms with Gasteiger partial charge in [0.15, 0.2) is 0 Å². The predicted molar refractivity (Wildman–Crippen MR) is 81.9 cm³/mol. The number of nitrogens with one attached hydrogen (secondary N) is 1. The summed E-state index contributed by atoms with van der Waals surface area (Å²) >= 11 is 0. The Morgan fingerprint density at radius 3 is 2.41 bits per heavy atom. The lowest BCUT2D eigenvalue weighted by Crippen LogP contribution is -2.17. The molecule has 2 aromatic carbocycles. The minimum Gasteiger partial charge on any atom is -0.321 e. The number of hydrogen-bond donors (Lipinski definition) is 2. The summed E-state index contributed by atoms with van der Waals surface area (Å²) in [5, 5.41) is 7.47. The summed E-state index contributed by atoms with van der Waals surface area (Å²) in [6.07, 6.45) is 2.41. The summed E-state index contributed by atoms with van der Waals surface area (Å²) in [4.78, 5) is 11.6. The summed E-state index contributed by atoms with van der Waals surface area (Å²) in [6, 6.07) is 11.7. The molecule has 0 saturated carbocycles. The molecule has 0 atom stereocenters. The third kappa shape index (κ3) is 4.00. The van der Waals surface area contributed by atoms with Gasteiger partial charge in [0.25, 0.3) is 0 Å². The summed E-state index contributed by atoms with van der Waals surface area (Å²) < 4.78 is 36.2. The van der Waals surface area contributed by atoms with Crippen LogP contribution in [0.1, 0.15) is 5.56 Å². The van der Waals surface area contributed by atoms with Gasteiger partial charge in [0, 0.05) is 11.6 Å². The van der Waals surface area contributed by atoms with Crippen molar-refractivity contribution in [2.24, 2.45) is 5.14 Å². The third-order valence-electron chi connectivity index (χ3n) is 2.77. The number of rotatable bonds is 4. The van der Waals surface area contributed by atoms with Gasteiger partial charge in [-0.2, -0.15) is 0 Å². The van der Waals surface area contributed by atoms with Crippen molar-refractivity contribution in [3.05, 3.63) is 66.0 Å². The van der Waals surface area contributed by atoms with Crippen LogP contribution >= 0.6 is 0 Å². The van der Waals surface area contributed by atoms with E-state index in [2.05, 4.69) is 5.32 Å². The highest BCUT2D eigenvalue weighted by Crippen LogP contribution is 2.19. The number of para-hydroxylation sites is 1. The fraction of sp³-hybridized carbons (Fsp3) is 0. The van der Waals surface area contributed by atoms with E-state index in [1.807, 2.05) is 0 Å². The molecule has 5 nitrogen and oxygen atoms in total. The molecule has 0 aliphatic heterocycles. The van der Waals surface area contributed by atoms with Gasteiger partial charge < -0.3 is 5.32 Å². The molecule has 22 heavy (non-hydrogen) atoms. The van der Waals surface area contributed by atoms with Crippen LogP contribution in [0.2, 0.25) is 0 Å². The van der Waals surface area contributed by atoms with E-state index >= 15 is 0 Å². The van der Waals surface area contributed by atoms with Gasteiger partial charge in [-0.25, -0.2) is 17.9 Å². The topological polar surface area (TPSA) is 89.3 Å². The Hall–Kier alpha value is -2.51. The first-order valence-corrected chi connectivity index (χ1v) is 7.78. The van der Waals surface area contributed by atoms with Crippen LogP contribution in [0.15, 0.2) is 59.5 Å². The minimum atomic E-state index is -3.95. The standard InChI is InChI=1S/C15H13FN2O3S/c16-12-6-2-1-5-11(12)9-10-15(19)18-13-7-3-4-8-14(13)22(17,20)21/h1-10H,(H,18,19)(H2,17,20,21). The molecule has 0 aromatic heterocycles. The van der Waals surface area contributed by atoms with E-state index in [0.29, 0.717) is 0 Å². The maximum atomic E-state index is 13.4. The number of carbonyl (C=O) groups is 1. The fourth-order valence-electron chi connectivity index (χ4n) is 1.77. The van der Waals surface area contributed by atoms with E-state index in [0.717, 1.165) is 6.08 Å². The van der Waals surface area contributed by atoms with E-state index in [4.69, 9.17) is 5.14 Å². The summed E-state index contributed by atoms with van der Waals surface area (Å²) in [5.41, 5.74) is 0.311. The molecular weight excluding hydrogens is 307 g/mol. The van der Waals surface area contributed by atoms with Crippen LogP contribution in [0.25, 0.3) is 6.08 Å².